The van der Waals surface area contributed by atoms with Crippen molar-refractivity contribution in [3.8, 4) is 11.5 Å². The molecule has 5 rings (SSSR count). The number of nitrogens with one attached hydrogen (secondary N) is 1. The third kappa shape index (κ3) is 4.37. The summed E-state index contributed by atoms with van der Waals surface area (Å²) in [5, 5.41) is 3.44. The number of aromatic nitrogens is 1. The second kappa shape index (κ2) is 9.10. The number of rotatable bonds is 5. The number of hydrogen-bond donors (Lipinski definition) is 1. The maximum absolute atomic E-state index is 13.3. The molecule has 32 heavy (non-hydrogen) atoms. The summed E-state index contributed by atoms with van der Waals surface area (Å²) >= 11 is 1.42. The van der Waals surface area contributed by atoms with Crippen LogP contribution in [0.15, 0.2) is 54.6 Å². The van der Waals surface area contributed by atoms with Crippen molar-refractivity contribution in [2.24, 2.45) is 0 Å². The van der Waals surface area contributed by atoms with E-state index in [4.69, 9.17) is 9.47 Å². The average Bonchev–Trinajstić information content (AvgIpc) is 3.49. The number of carbonyl (C=O) groups excluding carboxylic acids is 2. The van der Waals surface area contributed by atoms with Gasteiger partial charge in [-0.15, -0.1) is 0 Å². The zero-order valence-electron chi connectivity index (χ0n) is 17.5. The van der Waals surface area contributed by atoms with Gasteiger partial charge in [0, 0.05) is 24.4 Å². The Bertz CT molecular complexity index is 1130. The monoisotopic (exact) mass is 449 g/mol. The number of benzene rings is 2. The Labute approximate surface area is 190 Å². The standard InChI is InChI=1S/C24H23N3O4S/c28-22(20-11-6-14-30-20)26-24-25-18-12-13-27(15-21(18)32-24)23(29)17-9-4-5-10-19(17)31-16-7-2-1-3-8-16/h1-5,7-10,20H,6,11-15H2,(H,25,26,28). The van der Waals surface area contributed by atoms with E-state index in [2.05, 4.69) is 10.3 Å². The summed E-state index contributed by atoms with van der Waals surface area (Å²) in [7, 11) is 0. The molecule has 0 aliphatic carbocycles. The van der Waals surface area contributed by atoms with E-state index < -0.39 is 6.10 Å². The SMILES string of the molecule is O=C(Nc1nc2c(s1)CN(C(=O)c1ccccc1Oc1ccccc1)CC2)C1CCCO1. The predicted molar refractivity (Wildman–Crippen MR) is 121 cm³/mol. The molecule has 3 heterocycles. The third-order valence-electron chi connectivity index (χ3n) is 5.56. The van der Waals surface area contributed by atoms with Crippen molar-refractivity contribution < 1.29 is 19.1 Å². The van der Waals surface area contributed by atoms with Gasteiger partial charge in [0.2, 0.25) is 0 Å². The molecule has 3 aromatic rings. The van der Waals surface area contributed by atoms with Gasteiger partial charge in [-0.1, -0.05) is 41.7 Å². The van der Waals surface area contributed by atoms with E-state index in [0.717, 1.165) is 23.4 Å². The van der Waals surface area contributed by atoms with E-state index in [9.17, 15) is 9.59 Å². The van der Waals surface area contributed by atoms with Crippen LogP contribution in [0.5, 0.6) is 11.5 Å². The highest BCUT2D eigenvalue weighted by Gasteiger charge is 2.28. The largest absolute Gasteiger partial charge is 0.457 e. The van der Waals surface area contributed by atoms with Crippen LogP contribution in [0.4, 0.5) is 5.13 Å². The number of nitrogens with zero attached hydrogens (tertiary/aromatic N) is 2. The van der Waals surface area contributed by atoms with Crippen LogP contribution >= 0.6 is 11.3 Å². The molecular formula is C24H23N3O4S. The topological polar surface area (TPSA) is 80.8 Å². The van der Waals surface area contributed by atoms with Gasteiger partial charge in [-0.3, -0.25) is 14.9 Å². The second-order valence-corrected chi connectivity index (χ2v) is 8.85. The molecule has 0 radical (unpaired) electrons. The molecular weight excluding hydrogens is 426 g/mol. The molecule has 1 aromatic heterocycles. The number of ether oxygens (including phenoxy) is 2. The lowest BCUT2D eigenvalue weighted by molar-refractivity contribution is -0.124. The number of anilines is 1. The maximum atomic E-state index is 13.3. The van der Waals surface area contributed by atoms with Gasteiger partial charge >= 0.3 is 0 Å². The summed E-state index contributed by atoms with van der Waals surface area (Å²) in [6, 6.07) is 16.7. The average molecular weight is 450 g/mol. The van der Waals surface area contributed by atoms with Crippen LogP contribution in [-0.2, 0) is 22.5 Å². The summed E-state index contributed by atoms with van der Waals surface area (Å²) in [4.78, 5) is 33.0. The van der Waals surface area contributed by atoms with Gasteiger partial charge in [0.1, 0.15) is 17.6 Å². The van der Waals surface area contributed by atoms with Crippen molar-refractivity contribution in [1.82, 2.24) is 9.88 Å². The maximum Gasteiger partial charge on any atom is 0.257 e. The van der Waals surface area contributed by atoms with E-state index in [-0.39, 0.29) is 11.8 Å². The molecule has 0 saturated carbocycles. The fraction of sp³-hybridized carbons (Fsp3) is 0.292. The van der Waals surface area contributed by atoms with Crippen molar-refractivity contribution in [3.05, 3.63) is 70.7 Å². The Morgan fingerprint density at radius 3 is 2.75 bits per heavy atom. The van der Waals surface area contributed by atoms with Gasteiger partial charge in [0.15, 0.2) is 5.13 Å². The van der Waals surface area contributed by atoms with Crippen molar-refractivity contribution in [2.75, 3.05) is 18.5 Å². The molecule has 164 valence electrons. The van der Waals surface area contributed by atoms with Gasteiger partial charge in [-0.05, 0) is 37.1 Å². The number of hydrogen-bond acceptors (Lipinski definition) is 6. The Balaban J connectivity index is 1.29. The molecule has 1 saturated heterocycles. The van der Waals surface area contributed by atoms with E-state index in [1.165, 1.54) is 11.3 Å². The molecule has 2 amide bonds. The lowest BCUT2D eigenvalue weighted by Gasteiger charge is -2.26. The summed E-state index contributed by atoms with van der Waals surface area (Å²) in [6.07, 6.45) is 1.90. The fourth-order valence-electron chi connectivity index (χ4n) is 3.91. The third-order valence-corrected chi connectivity index (χ3v) is 6.56. The van der Waals surface area contributed by atoms with Gasteiger partial charge in [0.25, 0.3) is 11.8 Å². The van der Waals surface area contributed by atoms with Gasteiger partial charge in [-0.2, -0.15) is 0 Å². The number of thiazole rings is 1. The van der Waals surface area contributed by atoms with Crippen LogP contribution in [0.1, 0.15) is 33.8 Å². The molecule has 2 aromatic carbocycles. The van der Waals surface area contributed by atoms with Gasteiger partial charge in [0.05, 0.1) is 17.8 Å². The first-order valence-corrected chi connectivity index (χ1v) is 11.5. The van der Waals surface area contributed by atoms with Crippen LogP contribution in [0.2, 0.25) is 0 Å². The highest BCUT2D eigenvalue weighted by atomic mass is 32.1. The van der Waals surface area contributed by atoms with E-state index in [0.29, 0.717) is 48.3 Å². The Hall–Kier alpha value is -3.23. The first-order valence-electron chi connectivity index (χ1n) is 10.7. The lowest BCUT2D eigenvalue weighted by Crippen LogP contribution is -2.35. The Morgan fingerprint density at radius 1 is 1.12 bits per heavy atom. The summed E-state index contributed by atoms with van der Waals surface area (Å²) in [5.41, 5.74) is 1.46. The Kier molecular flexibility index (Phi) is 5.87. The summed E-state index contributed by atoms with van der Waals surface area (Å²) < 4.78 is 11.4. The zero-order chi connectivity index (χ0) is 21.9. The lowest BCUT2D eigenvalue weighted by atomic mass is 10.1. The van der Waals surface area contributed by atoms with Crippen LogP contribution < -0.4 is 10.1 Å². The normalized spacial score (nSPS) is 17.6. The smallest absolute Gasteiger partial charge is 0.257 e. The first kappa shape index (κ1) is 20.7. The van der Waals surface area contributed by atoms with Crippen molar-refractivity contribution in [1.29, 1.82) is 0 Å². The molecule has 0 bridgehead atoms. The van der Waals surface area contributed by atoms with Gasteiger partial charge in [-0.25, -0.2) is 4.98 Å². The molecule has 1 fully saturated rings. The summed E-state index contributed by atoms with van der Waals surface area (Å²) in [6.45, 7) is 1.65. The molecule has 2 aliphatic heterocycles. The zero-order valence-corrected chi connectivity index (χ0v) is 18.3. The van der Waals surface area contributed by atoms with Crippen LogP contribution in [0.25, 0.3) is 0 Å². The highest BCUT2D eigenvalue weighted by molar-refractivity contribution is 7.15. The van der Waals surface area contributed by atoms with Crippen LogP contribution in [0, 0.1) is 0 Å². The Morgan fingerprint density at radius 2 is 1.94 bits per heavy atom. The van der Waals surface area contributed by atoms with Crippen LogP contribution in [0.3, 0.4) is 0 Å². The number of carbonyl (C=O) groups is 2. The van der Waals surface area contributed by atoms with Crippen molar-refractivity contribution in [3.63, 3.8) is 0 Å². The van der Waals surface area contributed by atoms with E-state index >= 15 is 0 Å². The number of amides is 2. The molecule has 1 N–H and O–H groups in total. The van der Waals surface area contributed by atoms with E-state index in [1.54, 1.807) is 17.0 Å². The van der Waals surface area contributed by atoms with Crippen molar-refractivity contribution >= 4 is 28.3 Å². The molecule has 2 aliphatic rings. The molecule has 8 heteroatoms. The molecule has 1 unspecified atom stereocenters. The predicted octanol–water partition coefficient (Wildman–Crippen LogP) is 4.25. The molecule has 0 spiro atoms. The minimum absolute atomic E-state index is 0.0828. The number of fused-ring (bicyclic) bond motifs is 1. The van der Waals surface area contributed by atoms with Gasteiger partial charge < -0.3 is 14.4 Å². The highest BCUT2D eigenvalue weighted by Crippen LogP contribution is 2.31. The molecule has 1 atom stereocenters. The summed E-state index contributed by atoms with van der Waals surface area (Å²) in [5.74, 6) is 0.986. The van der Waals surface area contributed by atoms with Crippen LogP contribution in [-0.4, -0.2) is 41.0 Å². The van der Waals surface area contributed by atoms with E-state index in [1.807, 2.05) is 42.5 Å². The fourth-order valence-corrected chi connectivity index (χ4v) is 4.94. The molecule has 7 nitrogen and oxygen atoms in total. The minimum Gasteiger partial charge on any atom is -0.457 e. The number of para-hydroxylation sites is 2. The second-order valence-electron chi connectivity index (χ2n) is 7.77. The quantitative estimate of drug-likeness (QED) is 0.630. The minimum atomic E-state index is -0.393. The first-order chi connectivity index (χ1) is 15.7. The van der Waals surface area contributed by atoms with Crippen molar-refractivity contribution in [2.45, 2.75) is 31.9 Å².